The van der Waals surface area contributed by atoms with Gasteiger partial charge in [0.05, 0.1) is 11.9 Å². The monoisotopic (exact) mass is 459 g/mol. The van der Waals surface area contributed by atoms with Crippen molar-refractivity contribution in [2.75, 3.05) is 13.1 Å². The molecule has 1 saturated carbocycles. The van der Waals surface area contributed by atoms with Crippen molar-refractivity contribution in [3.8, 4) is 11.5 Å². The molecule has 3 aromatic rings. The first-order chi connectivity index (χ1) is 16.6. The van der Waals surface area contributed by atoms with Crippen LogP contribution in [0.3, 0.4) is 0 Å². The SMILES string of the molecule is CC1CCC(NC(=O)C2CCN(C(=O)c3cnn(-c4ccccc4)c3-n3cccc3)CC2)CC1. The van der Waals surface area contributed by atoms with Crippen molar-refractivity contribution >= 4 is 11.8 Å². The number of carbonyl (C=O) groups excluding carboxylic acids is 2. The summed E-state index contributed by atoms with van der Waals surface area (Å²) in [6, 6.07) is 14.0. The number of likely N-dealkylation sites (tertiary alicyclic amines) is 1. The van der Waals surface area contributed by atoms with E-state index in [0.29, 0.717) is 37.5 Å². The summed E-state index contributed by atoms with van der Waals surface area (Å²) in [5, 5.41) is 7.83. The molecule has 7 nitrogen and oxygen atoms in total. The Bertz CT molecular complexity index is 1110. The molecule has 5 rings (SSSR count). The number of nitrogens with zero attached hydrogens (tertiary/aromatic N) is 4. The van der Waals surface area contributed by atoms with Crippen molar-refractivity contribution in [2.24, 2.45) is 11.8 Å². The highest BCUT2D eigenvalue weighted by Gasteiger charge is 2.31. The number of nitrogens with one attached hydrogen (secondary N) is 1. The van der Waals surface area contributed by atoms with Gasteiger partial charge < -0.3 is 14.8 Å². The van der Waals surface area contributed by atoms with Crippen LogP contribution in [0.15, 0.2) is 61.1 Å². The van der Waals surface area contributed by atoms with Crippen LogP contribution in [0.5, 0.6) is 0 Å². The first kappa shape index (κ1) is 22.4. The smallest absolute Gasteiger partial charge is 0.259 e. The zero-order valence-corrected chi connectivity index (χ0v) is 19.8. The predicted octanol–water partition coefficient (Wildman–Crippen LogP) is 4.21. The normalized spacial score (nSPS) is 21.4. The van der Waals surface area contributed by atoms with Gasteiger partial charge >= 0.3 is 0 Å². The van der Waals surface area contributed by atoms with Crippen LogP contribution in [0.1, 0.15) is 55.8 Å². The summed E-state index contributed by atoms with van der Waals surface area (Å²) in [6.45, 7) is 3.45. The number of carbonyl (C=O) groups is 2. The first-order valence-corrected chi connectivity index (χ1v) is 12.5. The van der Waals surface area contributed by atoms with Gasteiger partial charge in [0.1, 0.15) is 5.56 Å². The van der Waals surface area contributed by atoms with Crippen LogP contribution >= 0.6 is 0 Å². The number of hydrogen-bond acceptors (Lipinski definition) is 3. The van der Waals surface area contributed by atoms with Gasteiger partial charge in [0.15, 0.2) is 5.82 Å². The fraction of sp³-hybridized carbons (Fsp3) is 0.444. The van der Waals surface area contributed by atoms with E-state index < -0.39 is 0 Å². The Labute approximate surface area is 200 Å². The summed E-state index contributed by atoms with van der Waals surface area (Å²) in [5.74, 6) is 1.61. The van der Waals surface area contributed by atoms with E-state index in [1.165, 1.54) is 12.8 Å². The maximum absolute atomic E-state index is 13.5. The molecular weight excluding hydrogens is 426 g/mol. The van der Waals surface area contributed by atoms with Crippen molar-refractivity contribution in [3.05, 3.63) is 66.6 Å². The van der Waals surface area contributed by atoms with Gasteiger partial charge in [-0.1, -0.05) is 25.1 Å². The van der Waals surface area contributed by atoms with Crippen LogP contribution in [-0.4, -0.2) is 50.2 Å². The van der Waals surface area contributed by atoms with Crippen molar-refractivity contribution in [3.63, 3.8) is 0 Å². The lowest BCUT2D eigenvalue weighted by Gasteiger charge is -2.33. The minimum atomic E-state index is -0.0361. The third-order valence-electron chi connectivity index (χ3n) is 7.34. The Balaban J connectivity index is 1.27. The van der Waals surface area contributed by atoms with Gasteiger partial charge in [0.25, 0.3) is 5.91 Å². The van der Waals surface area contributed by atoms with E-state index in [1.54, 1.807) is 10.9 Å². The fourth-order valence-electron chi connectivity index (χ4n) is 5.21. The highest BCUT2D eigenvalue weighted by molar-refractivity contribution is 5.97. The molecule has 1 aromatic carbocycles. The number of hydrogen-bond donors (Lipinski definition) is 1. The summed E-state index contributed by atoms with van der Waals surface area (Å²) < 4.78 is 3.73. The average molecular weight is 460 g/mol. The lowest BCUT2D eigenvalue weighted by atomic mass is 9.86. The molecule has 0 atom stereocenters. The third kappa shape index (κ3) is 4.65. The number of piperidine rings is 1. The van der Waals surface area contributed by atoms with Gasteiger partial charge in [-0.2, -0.15) is 5.10 Å². The van der Waals surface area contributed by atoms with E-state index in [4.69, 9.17) is 0 Å². The van der Waals surface area contributed by atoms with Crippen molar-refractivity contribution < 1.29 is 9.59 Å². The van der Waals surface area contributed by atoms with Crippen LogP contribution < -0.4 is 5.32 Å². The molecule has 0 bridgehead atoms. The quantitative estimate of drug-likeness (QED) is 0.621. The van der Waals surface area contributed by atoms with Gasteiger partial charge in [-0.25, -0.2) is 4.68 Å². The zero-order valence-electron chi connectivity index (χ0n) is 19.8. The number of para-hydroxylation sites is 1. The minimum absolute atomic E-state index is 0.0145. The second-order valence-electron chi connectivity index (χ2n) is 9.75. The second-order valence-corrected chi connectivity index (χ2v) is 9.75. The number of amides is 2. The molecule has 1 aliphatic heterocycles. The second kappa shape index (κ2) is 9.87. The highest BCUT2D eigenvalue weighted by Crippen LogP contribution is 2.26. The van der Waals surface area contributed by atoms with E-state index in [0.717, 1.165) is 30.3 Å². The lowest BCUT2D eigenvalue weighted by Crippen LogP contribution is -2.46. The maximum Gasteiger partial charge on any atom is 0.259 e. The highest BCUT2D eigenvalue weighted by atomic mass is 16.2. The van der Waals surface area contributed by atoms with E-state index in [-0.39, 0.29) is 17.7 Å². The van der Waals surface area contributed by atoms with E-state index >= 15 is 0 Å². The molecule has 0 radical (unpaired) electrons. The number of rotatable bonds is 5. The largest absolute Gasteiger partial charge is 0.353 e. The molecule has 2 aliphatic rings. The summed E-state index contributed by atoms with van der Waals surface area (Å²) in [7, 11) is 0. The van der Waals surface area contributed by atoms with Gasteiger partial charge in [0.2, 0.25) is 5.91 Å². The molecule has 0 unspecified atom stereocenters. The van der Waals surface area contributed by atoms with Crippen molar-refractivity contribution in [2.45, 2.75) is 51.5 Å². The van der Waals surface area contributed by atoms with Crippen LogP contribution in [0.4, 0.5) is 0 Å². The molecule has 1 aliphatic carbocycles. The topological polar surface area (TPSA) is 72.2 Å². The maximum atomic E-state index is 13.5. The summed E-state index contributed by atoms with van der Waals surface area (Å²) >= 11 is 0. The molecule has 2 fully saturated rings. The third-order valence-corrected chi connectivity index (χ3v) is 7.34. The molecule has 1 N–H and O–H groups in total. The first-order valence-electron chi connectivity index (χ1n) is 12.5. The zero-order chi connectivity index (χ0) is 23.5. The van der Waals surface area contributed by atoms with E-state index in [1.807, 2.05) is 64.3 Å². The molecule has 178 valence electrons. The van der Waals surface area contributed by atoms with Crippen molar-refractivity contribution in [1.82, 2.24) is 24.6 Å². The van der Waals surface area contributed by atoms with Gasteiger partial charge in [-0.05, 0) is 68.7 Å². The Kier molecular flexibility index (Phi) is 6.52. The van der Waals surface area contributed by atoms with Gasteiger partial charge in [-0.3, -0.25) is 9.59 Å². The molecule has 34 heavy (non-hydrogen) atoms. The Morgan fingerprint density at radius 1 is 0.912 bits per heavy atom. The van der Waals surface area contributed by atoms with E-state index in [2.05, 4.69) is 17.3 Å². The Morgan fingerprint density at radius 2 is 1.59 bits per heavy atom. The molecule has 2 amide bonds. The molecule has 0 spiro atoms. The average Bonchev–Trinajstić information content (AvgIpc) is 3.56. The van der Waals surface area contributed by atoms with Crippen LogP contribution in [0.25, 0.3) is 11.5 Å². The fourth-order valence-corrected chi connectivity index (χ4v) is 5.21. The minimum Gasteiger partial charge on any atom is -0.353 e. The summed E-state index contributed by atoms with van der Waals surface area (Å²) in [6.07, 6.45) is 11.5. The Morgan fingerprint density at radius 3 is 2.26 bits per heavy atom. The molecular formula is C27H33N5O2. The van der Waals surface area contributed by atoms with Gasteiger partial charge in [-0.15, -0.1) is 0 Å². The summed E-state index contributed by atoms with van der Waals surface area (Å²) in [4.78, 5) is 28.2. The summed E-state index contributed by atoms with van der Waals surface area (Å²) in [5.41, 5.74) is 1.47. The molecule has 7 heteroatoms. The Hall–Kier alpha value is -3.35. The van der Waals surface area contributed by atoms with Crippen LogP contribution in [0.2, 0.25) is 0 Å². The van der Waals surface area contributed by atoms with Crippen molar-refractivity contribution in [1.29, 1.82) is 0 Å². The van der Waals surface area contributed by atoms with Crippen LogP contribution in [0, 0.1) is 11.8 Å². The predicted molar refractivity (Wildman–Crippen MR) is 131 cm³/mol. The number of benzene rings is 1. The lowest BCUT2D eigenvalue weighted by molar-refractivity contribution is -0.127. The molecule has 1 saturated heterocycles. The number of aromatic nitrogens is 3. The van der Waals surface area contributed by atoms with Crippen LogP contribution in [-0.2, 0) is 4.79 Å². The standard InChI is InChI=1S/C27H33N5O2/c1-20-9-11-22(12-10-20)29-25(33)21-13-17-31(18-14-21)27(34)24-19-28-32(23-7-3-2-4-8-23)26(24)30-15-5-6-16-30/h2-8,15-16,19-22H,9-14,17-18H2,1H3,(H,29,33). The molecule has 2 aromatic heterocycles. The van der Waals surface area contributed by atoms with Gasteiger partial charge in [0, 0.05) is 37.4 Å². The van der Waals surface area contributed by atoms with E-state index in [9.17, 15) is 9.59 Å². The molecule has 3 heterocycles.